The largest absolute Gasteiger partial charge is 0.450 e. The Labute approximate surface area is 96.0 Å². The SMILES string of the molecule is CCOC(=O)Nc1ccc(C#N)cc1Br. The second kappa shape index (κ2) is 5.37. The molecule has 0 aromatic heterocycles. The van der Waals surface area contributed by atoms with Crippen LogP contribution >= 0.6 is 15.9 Å². The van der Waals surface area contributed by atoms with Gasteiger partial charge in [0.15, 0.2) is 0 Å². The number of rotatable bonds is 2. The number of hydrogen-bond donors (Lipinski definition) is 1. The third-order valence-corrected chi connectivity index (χ3v) is 2.27. The molecule has 0 saturated heterocycles. The first-order chi connectivity index (χ1) is 7.17. The molecule has 1 N–H and O–H groups in total. The Bertz CT molecular complexity index is 412. The summed E-state index contributed by atoms with van der Waals surface area (Å²) in [6, 6.07) is 6.88. The predicted octanol–water partition coefficient (Wildman–Crippen LogP) is 2.89. The highest BCUT2D eigenvalue weighted by atomic mass is 79.9. The number of nitrogens with zero attached hydrogens (tertiary/aromatic N) is 1. The summed E-state index contributed by atoms with van der Waals surface area (Å²) in [5.74, 6) is 0. The van der Waals surface area contributed by atoms with Crippen LogP contribution in [-0.2, 0) is 4.74 Å². The van der Waals surface area contributed by atoms with Crippen LogP contribution in [-0.4, -0.2) is 12.7 Å². The molecule has 0 unspecified atom stereocenters. The van der Waals surface area contributed by atoms with E-state index in [4.69, 9.17) is 10.00 Å². The lowest BCUT2D eigenvalue weighted by Gasteiger charge is -2.06. The molecule has 0 aliphatic rings. The van der Waals surface area contributed by atoms with Crippen molar-refractivity contribution in [3.05, 3.63) is 28.2 Å². The topological polar surface area (TPSA) is 62.1 Å². The van der Waals surface area contributed by atoms with Crippen LogP contribution in [0.3, 0.4) is 0 Å². The Morgan fingerprint density at radius 3 is 2.93 bits per heavy atom. The van der Waals surface area contributed by atoms with Crippen LogP contribution < -0.4 is 5.32 Å². The summed E-state index contributed by atoms with van der Waals surface area (Å²) in [6.07, 6.45) is -0.511. The van der Waals surface area contributed by atoms with E-state index in [1.54, 1.807) is 25.1 Å². The Morgan fingerprint density at radius 2 is 2.40 bits per heavy atom. The van der Waals surface area contributed by atoms with Gasteiger partial charge in [0, 0.05) is 4.47 Å². The number of ether oxygens (including phenoxy) is 1. The molecular weight excluding hydrogens is 260 g/mol. The molecule has 0 spiro atoms. The van der Waals surface area contributed by atoms with Crippen LogP contribution in [0, 0.1) is 11.3 Å². The molecule has 0 aliphatic heterocycles. The van der Waals surface area contributed by atoms with Gasteiger partial charge in [-0.15, -0.1) is 0 Å². The minimum absolute atomic E-state index is 0.319. The number of carbonyl (C=O) groups is 1. The molecule has 0 aliphatic carbocycles. The fourth-order valence-corrected chi connectivity index (χ4v) is 1.44. The summed E-state index contributed by atoms with van der Waals surface area (Å²) < 4.78 is 5.37. The van der Waals surface area contributed by atoms with Gasteiger partial charge >= 0.3 is 6.09 Å². The zero-order valence-electron chi connectivity index (χ0n) is 8.08. The van der Waals surface area contributed by atoms with Crippen molar-refractivity contribution in [1.82, 2.24) is 0 Å². The van der Waals surface area contributed by atoms with E-state index in [2.05, 4.69) is 21.2 Å². The van der Waals surface area contributed by atoms with Gasteiger partial charge in [0.05, 0.1) is 23.9 Å². The number of halogens is 1. The molecule has 0 saturated carbocycles. The van der Waals surface area contributed by atoms with Gasteiger partial charge in [0.2, 0.25) is 0 Å². The monoisotopic (exact) mass is 268 g/mol. The molecule has 15 heavy (non-hydrogen) atoms. The van der Waals surface area contributed by atoms with Crippen molar-refractivity contribution < 1.29 is 9.53 Å². The second-order valence-corrected chi connectivity index (χ2v) is 3.51. The van der Waals surface area contributed by atoms with Gasteiger partial charge < -0.3 is 4.74 Å². The first-order valence-electron chi connectivity index (χ1n) is 4.30. The van der Waals surface area contributed by atoms with Crippen LogP contribution in [0.2, 0.25) is 0 Å². The van der Waals surface area contributed by atoms with E-state index in [9.17, 15) is 4.79 Å². The summed E-state index contributed by atoms with van der Waals surface area (Å²) in [5.41, 5.74) is 1.10. The maximum Gasteiger partial charge on any atom is 0.411 e. The third-order valence-electron chi connectivity index (χ3n) is 1.61. The van der Waals surface area contributed by atoms with E-state index in [-0.39, 0.29) is 0 Å². The summed E-state index contributed by atoms with van der Waals surface area (Å²) in [7, 11) is 0. The number of benzene rings is 1. The smallest absolute Gasteiger partial charge is 0.411 e. The molecular formula is C10H9BrN2O2. The van der Waals surface area contributed by atoms with Gasteiger partial charge in [-0.2, -0.15) is 5.26 Å². The summed E-state index contributed by atoms with van der Waals surface area (Å²) in [6.45, 7) is 2.05. The molecule has 1 aromatic rings. The average Bonchev–Trinajstić information content (AvgIpc) is 2.21. The van der Waals surface area contributed by atoms with E-state index < -0.39 is 6.09 Å². The highest BCUT2D eigenvalue weighted by Gasteiger charge is 2.05. The molecule has 78 valence electrons. The Hall–Kier alpha value is -1.54. The van der Waals surface area contributed by atoms with E-state index in [0.29, 0.717) is 22.3 Å². The minimum atomic E-state index is -0.511. The number of nitriles is 1. The molecule has 1 amide bonds. The maximum atomic E-state index is 11.1. The molecule has 0 bridgehead atoms. The molecule has 1 rings (SSSR count). The lowest BCUT2D eigenvalue weighted by Crippen LogP contribution is -2.13. The van der Waals surface area contributed by atoms with Crippen LogP contribution in [0.25, 0.3) is 0 Å². The lowest BCUT2D eigenvalue weighted by atomic mass is 10.2. The van der Waals surface area contributed by atoms with E-state index in [1.807, 2.05) is 6.07 Å². The molecule has 0 atom stereocenters. The van der Waals surface area contributed by atoms with Crippen molar-refractivity contribution in [2.24, 2.45) is 0 Å². The number of amides is 1. The van der Waals surface area contributed by atoms with Gasteiger partial charge in [0.1, 0.15) is 0 Å². The summed E-state index contributed by atoms with van der Waals surface area (Å²) in [4.78, 5) is 11.1. The quantitative estimate of drug-likeness (QED) is 0.897. The summed E-state index contributed by atoms with van der Waals surface area (Å²) in [5, 5.41) is 11.2. The molecule has 5 heteroatoms. The Morgan fingerprint density at radius 1 is 1.67 bits per heavy atom. The van der Waals surface area contributed by atoms with E-state index in [0.717, 1.165) is 0 Å². The normalized spacial score (nSPS) is 9.13. The van der Waals surface area contributed by atoms with E-state index >= 15 is 0 Å². The van der Waals surface area contributed by atoms with Crippen LogP contribution in [0.15, 0.2) is 22.7 Å². The average molecular weight is 269 g/mol. The maximum absolute atomic E-state index is 11.1. The fraction of sp³-hybridized carbons (Fsp3) is 0.200. The van der Waals surface area contributed by atoms with Gasteiger partial charge in [-0.3, -0.25) is 5.32 Å². The number of nitrogens with one attached hydrogen (secondary N) is 1. The van der Waals surface area contributed by atoms with Crippen molar-refractivity contribution in [3.63, 3.8) is 0 Å². The van der Waals surface area contributed by atoms with Gasteiger partial charge in [0.25, 0.3) is 0 Å². The molecule has 0 heterocycles. The van der Waals surface area contributed by atoms with Crippen LogP contribution in [0.4, 0.5) is 10.5 Å². The summed E-state index contributed by atoms with van der Waals surface area (Å²) >= 11 is 3.25. The zero-order chi connectivity index (χ0) is 11.3. The van der Waals surface area contributed by atoms with Crippen molar-refractivity contribution in [2.75, 3.05) is 11.9 Å². The minimum Gasteiger partial charge on any atom is -0.450 e. The van der Waals surface area contributed by atoms with Crippen LogP contribution in [0.5, 0.6) is 0 Å². The highest BCUT2D eigenvalue weighted by molar-refractivity contribution is 9.10. The van der Waals surface area contributed by atoms with Gasteiger partial charge in [-0.1, -0.05) is 0 Å². The molecule has 4 nitrogen and oxygen atoms in total. The van der Waals surface area contributed by atoms with E-state index in [1.165, 1.54) is 0 Å². The zero-order valence-corrected chi connectivity index (χ0v) is 9.67. The lowest BCUT2D eigenvalue weighted by molar-refractivity contribution is 0.168. The number of anilines is 1. The Balaban J connectivity index is 2.79. The first-order valence-corrected chi connectivity index (χ1v) is 5.10. The number of hydrogen-bond acceptors (Lipinski definition) is 3. The van der Waals surface area contributed by atoms with Crippen LogP contribution in [0.1, 0.15) is 12.5 Å². The molecule has 0 fully saturated rings. The van der Waals surface area contributed by atoms with Crippen molar-refractivity contribution >= 4 is 27.7 Å². The van der Waals surface area contributed by atoms with Gasteiger partial charge in [-0.25, -0.2) is 4.79 Å². The molecule has 1 aromatic carbocycles. The molecule has 0 radical (unpaired) electrons. The number of carbonyl (C=O) groups excluding carboxylic acids is 1. The van der Waals surface area contributed by atoms with Crippen molar-refractivity contribution in [2.45, 2.75) is 6.92 Å². The second-order valence-electron chi connectivity index (χ2n) is 2.65. The predicted molar refractivity (Wildman–Crippen MR) is 59.5 cm³/mol. The Kier molecular flexibility index (Phi) is 4.13. The van der Waals surface area contributed by atoms with Crippen molar-refractivity contribution in [1.29, 1.82) is 5.26 Å². The first kappa shape index (κ1) is 11.5. The third kappa shape index (κ3) is 3.26. The standard InChI is InChI=1S/C10H9BrN2O2/c1-2-15-10(14)13-9-4-3-7(6-12)5-8(9)11/h3-5H,2H2,1H3,(H,13,14). The van der Waals surface area contributed by atoms with Gasteiger partial charge in [-0.05, 0) is 41.1 Å². The highest BCUT2D eigenvalue weighted by Crippen LogP contribution is 2.23. The fourth-order valence-electron chi connectivity index (χ4n) is 0.963. The van der Waals surface area contributed by atoms with Crippen molar-refractivity contribution in [3.8, 4) is 6.07 Å².